The molecule has 5 nitrogen and oxygen atoms in total. The summed E-state index contributed by atoms with van der Waals surface area (Å²) in [5, 5.41) is 12.7. The third kappa shape index (κ3) is 7.38. The SMILES string of the molecule is CCCCC[I-]CC(CC=O)Cc1ccnc(Nc2ncc(C#N)s2)c1. The van der Waals surface area contributed by atoms with Gasteiger partial charge >= 0.3 is 170 Å². The Balaban J connectivity index is 1.91. The van der Waals surface area contributed by atoms with Gasteiger partial charge in [0.05, 0.1) is 0 Å². The molecule has 0 radical (unpaired) electrons. The van der Waals surface area contributed by atoms with Crippen LogP contribution < -0.4 is 26.5 Å². The number of pyridine rings is 1. The number of nitrogens with zero attached hydrogens (tertiary/aromatic N) is 3. The van der Waals surface area contributed by atoms with Gasteiger partial charge in [-0.3, -0.25) is 0 Å². The molecule has 0 aliphatic rings. The van der Waals surface area contributed by atoms with Crippen molar-refractivity contribution in [2.45, 2.75) is 39.0 Å². The number of carbonyl (C=O) groups excluding carboxylic acids is 1. The molecule has 0 aromatic carbocycles. The number of carbonyl (C=O) groups is 1. The molecule has 0 saturated heterocycles. The van der Waals surface area contributed by atoms with Crippen molar-refractivity contribution in [3.63, 3.8) is 0 Å². The van der Waals surface area contributed by atoms with Crippen LogP contribution in [0, 0.1) is 17.2 Å². The molecule has 0 bridgehead atoms. The number of unbranched alkanes of at least 4 members (excludes halogenated alkanes) is 2. The number of aromatic nitrogens is 2. The third-order valence-corrected chi connectivity index (χ3v) is 8.04. The van der Waals surface area contributed by atoms with E-state index in [2.05, 4.69) is 28.3 Å². The van der Waals surface area contributed by atoms with Crippen molar-refractivity contribution in [3.8, 4) is 6.07 Å². The summed E-state index contributed by atoms with van der Waals surface area (Å²) in [6, 6.07) is 6.11. The molecule has 1 N–H and O–H groups in total. The minimum absolute atomic E-state index is 0.184. The summed E-state index contributed by atoms with van der Waals surface area (Å²) in [6.45, 7) is 2.23. The summed E-state index contributed by atoms with van der Waals surface area (Å²) in [5.74, 6) is 1.16. The van der Waals surface area contributed by atoms with E-state index in [9.17, 15) is 4.79 Å². The second-order valence-electron chi connectivity index (χ2n) is 6.03. The molecule has 0 aliphatic carbocycles. The van der Waals surface area contributed by atoms with Gasteiger partial charge in [0.25, 0.3) is 0 Å². The van der Waals surface area contributed by atoms with Gasteiger partial charge in [0.1, 0.15) is 0 Å². The maximum atomic E-state index is 11.0. The third-order valence-electron chi connectivity index (χ3n) is 3.83. The fourth-order valence-electron chi connectivity index (χ4n) is 2.50. The van der Waals surface area contributed by atoms with E-state index >= 15 is 0 Å². The molecule has 1 unspecified atom stereocenters. The number of halogens is 1. The van der Waals surface area contributed by atoms with Crippen LogP contribution in [0.5, 0.6) is 0 Å². The van der Waals surface area contributed by atoms with E-state index in [1.165, 1.54) is 45.0 Å². The zero-order chi connectivity index (χ0) is 18.6. The molecule has 26 heavy (non-hydrogen) atoms. The molecule has 0 aliphatic heterocycles. The molecule has 7 heteroatoms. The zero-order valence-corrected chi connectivity index (χ0v) is 17.9. The fraction of sp³-hybridized carbons (Fsp3) is 0.474. The first-order chi connectivity index (χ1) is 12.7. The van der Waals surface area contributed by atoms with Gasteiger partial charge in [-0.05, 0) is 0 Å². The van der Waals surface area contributed by atoms with Crippen LogP contribution in [0.2, 0.25) is 0 Å². The number of thiazole rings is 1. The number of hydrogen-bond donors (Lipinski definition) is 1. The van der Waals surface area contributed by atoms with Crippen LogP contribution in [-0.4, -0.2) is 25.1 Å². The van der Waals surface area contributed by atoms with Crippen LogP contribution in [0.3, 0.4) is 0 Å². The maximum absolute atomic E-state index is 11.0. The normalized spacial score (nSPS) is 11.8. The summed E-state index contributed by atoms with van der Waals surface area (Å²) in [4.78, 5) is 20.1. The van der Waals surface area contributed by atoms with Crippen LogP contribution in [0.25, 0.3) is 0 Å². The van der Waals surface area contributed by atoms with E-state index in [1.807, 2.05) is 12.1 Å². The second-order valence-corrected chi connectivity index (χ2v) is 10.1. The Hall–Kier alpha value is -1.53. The van der Waals surface area contributed by atoms with Gasteiger partial charge in [-0.15, -0.1) is 0 Å². The molecule has 0 fully saturated rings. The van der Waals surface area contributed by atoms with Crippen LogP contribution in [-0.2, 0) is 11.2 Å². The Morgan fingerprint density at radius 1 is 1.42 bits per heavy atom. The van der Waals surface area contributed by atoms with Crippen LogP contribution in [0.1, 0.15) is 43.0 Å². The molecule has 0 spiro atoms. The van der Waals surface area contributed by atoms with E-state index in [0.29, 0.717) is 22.3 Å². The number of nitriles is 1. The molecular weight excluding hydrogens is 459 g/mol. The number of nitrogens with one attached hydrogen (secondary N) is 1. The van der Waals surface area contributed by atoms with Crippen molar-refractivity contribution in [2.24, 2.45) is 5.92 Å². The summed E-state index contributed by atoms with van der Waals surface area (Å²) < 4.78 is 2.56. The molecule has 2 heterocycles. The number of rotatable bonds is 12. The van der Waals surface area contributed by atoms with Gasteiger partial charge < -0.3 is 0 Å². The second kappa shape index (κ2) is 12.0. The first-order valence-corrected chi connectivity index (χ1v) is 12.7. The molecule has 0 amide bonds. The number of alkyl halides is 2. The average Bonchev–Trinajstić information content (AvgIpc) is 3.09. The monoisotopic (exact) mass is 483 g/mol. The molecule has 140 valence electrons. The number of aldehydes is 1. The Bertz CT molecular complexity index is 728. The van der Waals surface area contributed by atoms with Gasteiger partial charge in [0, 0.05) is 0 Å². The van der Waals surface area contributed by atoms with Gasteiger partial charge in [-0.1, -0.05) is 0 Å². The number of anilines is 2. The van der Waals surface area contributed by atoms with Crippen LogP contribution in [0.15, 0.2) is 24.5 Å². The standard InChI is InChI=1S/C19H24IN4OS/c1-2-3-4-7-20-12-16(6-9-25)10-15-5-8-22-18(11-15)24-19-23-14-17(13-21)26-19/h5,8-9,11,14,16H,2-4,6-7,10,12H2,1H3,(H,22,23,24)/q-1. The summed E-state index contributed by atoms with van der Waals surface area (Å²) in [5.41, 5.74) is 1.18. The first-order valence-electron chi connectivity index (χ1n) is 8.80. The van der Waals surface area contributed by atoms with Gasteiger partial charge in [0.15, 0.2) is 0 Å². The van der Waals surface area contributed by atoms with Gasteiger partial charge in [0.2, 0.25) is 0 Å². The topological polar surface area (TPSA) is 78.7 Å². The molecule has 2 aromatic rings. The van der Waals surface area contributed by atoms with E-state index in [-0.39, 0.29) is 21.2 Å². The summed E-state index contributed by atoms with van der Waals surface area (Å²) in [6.07, 6.45) is 9.86. The molecule has 2 rings (SSSR count). The molecule has 1 atom stereocenters. The van der Waals surface area contributed by atoms with E-state index in [0.717, 1.165) is 18.5 Å². The van der Waals surface area contributed by atoms with E-state index in [4.69, 9.17) is 5.26 Å². The summed E-state index contributed by atoms with van der Waals surface area (Å²) in [7, 11) is 0. The average molecular weight is 483 g/mol. The van der Waals surface area contributed by atoms with E-state index < -0.39 is 0 Å². The first kappa shape index (κ1) is 20.8. The van der Waals surface area contributed by atoms with Crippen molar-refractivity contribution in [1.82, 2.24) is 9.97 Å². The Kier molecular flexibility index (Phi) is 9.56. The van der Waals surface area contributed by atoms with Crippen molar-refractivity contribution in [1.29, 1.82) is 5.26 Å². The van der Waals surface area contributed by atoms with Crippen molar-refractivity contribution >= 4 is 28.6 Å². The van der Waals surface area contributed by atoms with Crippen LogP contribution >= 0.6 is 11.3 Å². The quantitative estimate of drug-likeness (QED) is 0.212. The molecule has 0 saturated carbocycles. The predicted octanol–water partition coefficient (Wildman–Crippen LogP) is 1.18. The Morgan fingerprint density at radius 2 is 2.31 bits per heavy atom. The fourth-order valence-corrected chi connectivity index (χ4v) is 6.19. The van der Waals surface area contributed by atoms with Gasteiger partial charge in [-0.25, -0.2) is 0 Å². The van der Waals surface area contributed by atoms with Crippen LogP contribution in [0.4, 0.5) is 10.9 Å². The van der Waals surface area contributed by atoms with E-state index in [1.54, 1.807) is 12.4 Å². The molecular formula is C19H24IN4OS-. The zero-order valence-electron chi connectivity index (χ0n) is 14.9. The van der Waals surface area contributed by atoms with Crippen molar-refractivity contribution in [2.75, 3.05) is 14.2 Å². The predicted molar refractivity (Wildman–Crippen MR) is 101 cm³/mol. The summed E-state index contributed by atoms with van der Waals surface area (Å²) >= 11 is 1.49. The Morgan fingerprint density at radius 3 is 3.04 bits per heavy atom. The van der Waals surface area contributed by atoms with Crippen molar-refractivity contribution < 1.29 is 26.0 Å². The minimum atomic E-state index is 0.184. The number of hydrogen-bond acceptors (Lipinski definition) is 6. The van der Waals surface area contributed by atoms with Crippen molar-refractivity contribution in [3.05, 3.63) is 35.0 Å². The van der Waals surface area contributed by atoms with Gasteiger partial charge in [-0.2, -0.15) is 0 Å². The Labute approximate surface area is 169 Å². The molecule has 2 aromatic heterocycles.